The third-order valence-corrected chi connectivity index (χ3v) is 4.53. The fourth-order valence-electron chi connectivity index (χ4n) is 3.54. The molecule has 2 N–H and O–H groups in total. The van der Waals surface area contributed by atoms with Gasteiger partial charge < -0.3 is 10.6 Å². The number of fused-ring (bicyclic) bond motifs is 1. The maximum Gasteiger partial charge on any atom is 0.256 e. The lowest BCUT2D eigenvalue weighted by atomic mass is 10.0. The molecule has 1 saturated heterocycles. The number of anilines is 1. The van der Waals surface area contributed by atoms with Crippen LogP contribution in [0.25, 0.3) is 0 Å². The van der Waals surface area contributed by atoms with Gasteiger partial charge >= 0.3 is 0 Å². The highest BCUT2D eigenvalue weighted by Crippen LogP contribution is 2.38. The van der Waals surface area contributed by atoms with E-state index in [-0.39, 0.29) is 5.91 Å². The van der Waals surface area contributed by atoms with Crippen molar-refractivity contribution in [2.45, 2.75) is 26.2 Å². The molecule has 1 aliphatic heterocycles. The van der Waals surface area contributed by atoms with Gasteiger partial charge in [0.25, 0.3) is 5.91 Å². The van der Waals surface area contributed by atoms with Crippen LogP contribution in [0.4, 0.5) is 5.69 Å². The largest absolute Gasteiger partial charge is 0.398 e. The van der Waals surface area contributed by atoms with E-state index in [0.29, 0.717) is 11.3 Å². The van der Waals surface area contributed by atoms with Gasteiger partial charge in [-0.05, 0) is 43.2 Å². The Morgan fingerprint density at radius 1 is 1.28 bits per heavy atom. The van der Waals surface area contributed by atoms with Crippen molar-refractivity contribution in [1.29, 1.82) is 0 Å². The van der Waals surface area contributed by atoms with Crippen molar-refractivity contribution >= 4 is 11.6 Å². The Kier molecular flexibility index (Phi) is 2.77. The molecule has 0 bridgehead atoms. The molecule has 1 saturated carbocycles. The van der Waals surface area contributed by atoms with Gasteiger partial charge in [-0.25, -0.2) is 0 Å². The van der Waals surface area contributed by atoms with Crippen molar-refractivity contribution in [2.24, 2.45) is 11.8 Å². The fraction of sp³-hybridized carbons (Fsp3) is 0.533. The fourth-order valence-corrected chi connectivity index (χ4v) is 3.54. The van der Waals surface area contributed by atoms with Crippen LogP contribution >= 0.6 is 0 Å². The Morgan fingerprint density at radius 3 is 2.56 bits per heavy atom. The molecule has 3 heteroatoms. The molecule has 1 aromatic carbocycles. The first-order chi connectivity index (χ1) is 8.66. The van der Waals surface area contributed by atoms with Gasteiger partial charge in [-0.2, -0.15) is 0 Å². The Morgan fingerprint density at radius 2 is 1.94 bits per heavy atom. The average Bonchev–Trinajstić information content (AvgIpc) is 2.88. The molecule has 1 aromatic rings. The molecule has 2 unspecified atom stereocenters. The summed E-state index contributed by atoms with van der Waals surface area (Å²) in [5.41, 5.74) is 8.26. The molecule has 3 rings (SSSR count). The Bertz CT molecular complexity index is 451. The Hall–Kier alpha value is -1.51. The van der Waals surface area contributed by atoms with E-state index in [1.165, 1.54) is 19.3 Å². The quantitative estimate of drug-likeness (QED) is 0.771. The third-order valence-electron chi connectivity index (χ3n) is 4.53. The number of aryl methyl sites for hydroxylation is 1. The first-order valence-electron chi connectivity index (χ1n) is 6.81. The summed E-state index contributed by atoms with van der Waals surface area (Å²) in [7, 11) is 0. The minimum absolute atomic E-state index is 0.125. The van der Waals surface area contributed by atoms with Crippen LogP contribution in [-0.2, 0) is 0 Å². The lowest BCUT2D eigenvalue weighted by molar-refractivity contribution is 0.0781. The molecular formula is C15H20N2O. The van der Waals surface area contributed by atoms with Gasteiger partial charge in [-0.3, -0.25) is 4.79 Å². The number of nitrogen functional groups attached to an aromatic ring is 1. The summed E-state index contributed by atoms with van der Waals surface area (Å²) in [5, 5.41) is 0. The van der Waals surface area contributed by atoms with Gasteiger partial charge in [0.05, 0.1) is 5.56 Å². The molecule has 0 aromatic heterocycles. The van der Waals surface area contributed by atoms with Crippen molar-refractivity contribution in [3.05, 3.63) is 29.3 Å². The summed E-state index contributed by atoms with van der Waals surface area (Å²) in [4.78, 5) is 14.6. The average molecular weight is 244 g/mol. The second kappa shape index (κ2) is 4.30. The maximum atomic E-state index is 12.6. The number of carbonyl (C=O) groups excluding carboxylic acids is 1. The number of rotatable bonds is 1. The predicted octanol–water partition coefficient (Wildman–Crippen LogP) is 2.45. The van der Waals surface area contributed by atoms with Gasteiger partial charge in [0.15, 0.2) is 0 Å². The van der Waals surface area contributed by atoms with Gasteiger partial charge in [0.1, 0.15) is 0 Å². The monoisotopic (exact) mass is 244 g/mol. The summed E-state index contributed by atoms with van der Waals surface area (Å²) in [6.45, 7) is 3.81. The number of hydrogen-bond donors (Lipinski definition) is 1. The lowest BCUT2D eigenvalue weighted by Gasteiger charge is -2.19. The van der Waals surface area contributed by atoms with Crippen LogP contribution in [0.5, 0.6) is 0 Å². The Balaban J connectivity index is 1.83. The van der Waals surface area contributed by atoms with Gasteiger partial charge in [-0.15, -0.1) is 0 Å². The number of carbonyl (C=O) groups is 1. The van der Waals surface area contributed by atoms with Crippen LogP contribution in [0.1, 0.15) is 35.2 Å². The van der Waals surface area contributed by atoms with Crippen LogP contribution < -0.4 is 5.73 Å². The number of nitrogens with two attached hydrogens (primary N) is 1. The topological polar surface area (TPSA) is 46.3 Å². The molecule has 2 fully saturated rings. The van der Waals surface area contributed by atoms with Crippen LogP contribution in [0.3, 0.4) is 0 Å². The molecular weight excluding hydrogens is 224 g/mol. The second-order valence-electron chi connectivity index (χ2n) is 5.70. The molecule has 96 valence electrons. The second-order valence-corrected chi connectivity index (χ2v) is 5.70. The molecule has 0 spiro atoms. The van der Waals surface area contributed by atoms with Crippen molar-refractivity contribution in [3.63, 3.8) is 0 Å². The molecule has 1 heterocycles. The summed E-state index contributed by atoms with van der Waals surface area (Å²) in [5.74, 6) is 1.60. The zero-order chi connectivity index (χ0) is 12.7. The van der Waals surface area contributed by atoms with E-state index in [0.717, 1.165) is 30.5 Å². The predicted molar refractivity (Wildman–Crippen MR) is 72.3 cm³/mol. The summed E-state index contributed by atoms with van der Waals surface area (Å²) in [6, 6.07) is 5.68. The first-order valence-corrected chi connectivity index (χ1v) is 6.81. The highest BCUT2D eigenvalue weighted by molar-refractivity contribution is 6.00. The minimum Gasteiger partial charge on any atom is -0.398 e. The molecule has 0 radical (unpaired) electrons. The van der Waals surface area contributed by atoms with E-state index in [9.17, 15) is 4.79 Å². The number of likely N-dealkylation sites (tertiary alicyclic amines) is 1. The molecule has 1 amide bonds. The van der Waals surface area contributed by atoms with E-state index in [2.05, 4.69) is 0 Å². The Labute approximate surface area is 108 Å². The van der Waals surface area contributed by atoms with Gasteiger partial charge in [-0.1, -0.05) is 18.6 Å². The minimum atomic E-state index is 0.125. The van der Waals surface area contributed by atoms with E-state index in [4.69, 9.17) is 5.73 Å². The van der Waals surface area contributed by atoms with Crippen molar-refractivity contribution in [2.75, 3.05) is 18.8 Å². The zero-order valence-corrected chi connectivity index (χ0v) is 10.9. The zero-order valence-electron chi connectivity index (χ0n) is 10.9. The molecule has 2 atom stereocenters. The number of amides is 1. The molecule has 1 aliphatic carbocycles. The highest BCUT2D eigenvalue weighted by Gasteiger charge is 2.38. The number of benzene rings is 1. The van der Waals surface area contributed by atoms with Crippen LogP contribution in [0, 0.1) is 18.8 Å². The van der Waals surface area contributed by atoms with Crippen LogP contribution in [0.15, 0.2) is 18.2 Å². The third kappa shape index (κ3) is 1.78. The number of nitrogens with zero attached hydrogens (tertiary/aromatic N) is 1. The lowest BCUT2D eigenvalue weighted by Crippen LogP contribution is -2.30. The van der Waals surface area contributed by atoms with Gasteiger partial charge in [0, 0.05) is 18.8 Å². The summed E-state index contributed by atoms with van der Waals surface area (Å²) < 4.78 is 0. The number of hydrogen-bond acceptors (Lipinski definition) is 2. The van der Waals surface area contributed by atoms with Crippen molar-refractivity contribution in [1.82, 2.24) is 4.90 Å². The molecule has 3 nitrogen and oxygen atoms in total. The van der Waals surface area contributed by atoms with Crippen molar-refractivity contribution < 1.29 is 4.79 Å². The standard InChI is InChI=1S/C15H20N2O/c1-10-4-2-7-13(16)14(10)15(18)17-8-11-5-3-6-12(11)9-17/h2,4,7,11-12H,3,5-6,8-9,16H2,1H3. The summed E-state index contributed by atoms with van der Waals surface area (Å²) >= 11 is 0. The van der Waals surface area contributed by atoms with E-state index < -0.39 is 0 Å². The van der Waals surface area contributed by atoms with E-state index in [1.54, 1.807) is 0 Å². The smallest absolute Gasteiger partial charge is 0.256 e. The van der Waals surface area contributed by atoms with Crippen LogP contribution in [0.2, 0.25) is 0 Å². The maximum absolute atomic E-state index is 12.6. The highest BCUT2D eigenvalue weighted by atomic mass is 16.2. The van der Waals surface area contributed by atoms with Crippen LogP contribution in [-0.4, -0.2) is 23.9 Å². The van der Waals surface area contributed by atoms with Gasteiger partial charge in [0.2, 0.25) is 0 Å². The van der Waals surface area contributed by atoms with E-state index in [1.807, 2.05) is 30.0 Å². The molecule has 2 aliphatic rings. The normalized spacial score (nSPS) is 26.4. The summed E-state index contributed by atoms with van der Waals surface area (Å²) in [6.07, 6.45) is 3.92. The first kappa shape index (κ1) is 11.6. The van der Waals surface area contributed by atoms with E-state index >= 15 is 0 Å². The molecule has 18 heavy (non-hydrogen) atoms. The SMILES string of the molecule is Cc1cccc(N)c1C(=O)N1CC2CCCC2C1. The van der Waals surface area contributed by atoms with Crippen molar-refractivity contribution in [3.8, 4) is 0 Å².